The number of carboxylic acids is 1. The first-order chi connectivity index (χ1) is 11.5. The van der Waals surface area contributed by atoms with Gasteiger partial charge in [0.25, 0.3) is 5.91 Å². The van der Waals surface area contributed by atoms with Crippen LogP contribution in [0, 0.1) is 12.8 Å². The maximum atomic E-state index is 12.6. The van der Waals surface area contributed by atoms with E-state index in [2.05, 4.69) is 5.32 Å². The Bertz CT molecular complexity index is 578. The van der Waals surface area contributed by atoms with Gasteiger partial charge in [-0.15, -0.1) is 0 Å². The van der Waals surface area contributed by atoms with Gasteiger partial charge >= 0.3 is 5.97 Å². The van der Waals surface area contributed by atoms with E-state index in [-0.39, 0.29) is 12.5 Å². The van der Waals surface area contributed by atoms with E-state index in [1.54, 1.807) is 7.11 Å². The monoisotopic (exact) mass is 333 g/mol. The standard InChI is InChI=1S/C19H27NO4/c1-14-7-6-8-15(11-14)12-16(17(21)22)13-20-18(23)19(24-2)9-4-3-5-10-19/h6-8,11,16H,3-5,9-10,12-13H2,1-2H3,(H,20,23)(H,21,22). The van der Waals surface area contributed by atoms with Crippen LogP contribution in [0.15, 0.2) is 24.3 Å². The normalized spacial score (nSPS) is 17.9. The molecule has 24 heavy (non-hydrogen) atoms. The SMILES string of the molecule is COC1(C(=O)NCC(Cc2cccc(C)c2)C(=O)O)CCCCC1. The molecule has 0 bridgehead atoms. The molecule has 1 saturated carbocycles. The Morgan fingerprint density at radius 1 is 1.29 bits per heavy atom. The number of methoxy groups -OCH3 is 1. The predicted molar refractivity (Wildman–Crippen MR) is 91.8 cm³/mol. The quantitative estimate of drug-likeness (QED) is 0.804. The number of nitrogens with one attached hydrogen (secondary N) is 1. The smallest absolute Gasteiger partial charge is 0.308 e. The summed E-state index contributed by atoms with van der Waals surface area (Å²) in [5.74, 6) is -1.72. The van der Waals surface area contributed by atoms with Crippen molar-refractivity contribution in [2.24, 2.45) is 5.92 Å². The molecule has 1 unspecified atom stereocenters. The van der Waals surface area contributed by atoms with Gasteiger partial charge in [0.05, 0.1) is 5.92 Å². The van der Waals surface area contributed by atoms with Crippen LogP contribution < -0.4 is 5.32 Å². The summed E-state index contributed by atoms with van der Waals surface area (Å²) in [6.45, 7) is 2.10. The Hall–Kier alpha value is -1.88. The second kappa shape index (κ2) is 8.29. The van der Waals surface area contributed by atoms with Gasteiger partial charge in [-0.3, -0.25) is 9.59 Å². The highest BCUT2D eigenvalue weighted by Gasteiger charge is 2.39. The highest BCUT2D eigenvalue weighted by Crippen LogP contribution is 2.31. The zero-order chi connectivity index (χ0) is 17.6. The number of amides is 1. The second-order valence-electron chi connectivity index (χ2n) is 6.70. The number of benzene rings is 1. The number of ether oxygens (including phenoxy) is 1. The molecule has 0 spiro atoms. The molecule has 1 aliphatic carbocycles. The number of carboxylic acid groups (broad SMARTS) is 1. The molecule has 5 nitrogen and oxygen atoms in total. The topological polar surface area (TPSA) is 75.6 Å². The first kappa shape index (κ1) is 18.5. The first-order valence-corrected chi connectivity index (χ1v) is 8.58. The van der Waals surface area contributed by atoms with Gasteiger partial charge in [0.2, 0.25) is 0 Å². The van der Waals surface area contributed by atoms with Crippen molar-refractivity contribution in [3.05, 3.63) is 35.4 Å². The zero-order valence-electron chi connectivity index (χ0n) is 14.5. The molecule has 1 aromatic carbocycles. The Morgan fingerprint density at radius 3 is 2.58 bits per heavy atom. The molecule has 1 amide bonds. The minimum Gasteiger partial charge on any atom is -0.481 e. The number of carbonyl (C=O) groups is 2. The number of hydrogen-bond acceptors (Lipinski definition) is 3. The van der Waals surface area contributed by atoms with E-state index >= 15 is 0 Å². The Morgan fingerprint density at radius 2 is 2.00 bits per heavy atom. The van der Waals surface area contributed by atoms with E-state index in [1.807, 2.05) is 31.2 Å². The van der Waals surface area contributed by atoms with Gasteiger partial charge in [0.1, 0.15) is 5.60 Å². The Balaban J connectivity index is 1.98. The van der Waals surface area contributed by atoms with Gasteiger partial charge in [0, 0.05) is 13.7 Å². The van der Waals surface area contributed by atoms with Gasteiger partial charge < -0.3 is 15.2 Å². The third-order valence-corrected chi connectivity index (χ3v) is 4.89. The van der Waals surface area contributed by atoms with Crippen molar-refractivity contribution in [1.82, 2.24) is 5.32 Å². The molecule has 1 atom stereocenters. The highest BCUT2D eigenvalue weighted by atomic mass is 16.5. The third-order valence-electron chi connectivity index (χ3n) is 4.89. The molecule has 132 valence electrons. The molecular formula is C19H27NO4. The number of aryl methyl sites for hydroxylation is 1. The van der Waals surface area contributed by atoms with Crippen LogP contribution >= 0.6 is 0 Å². The largest absolute Gasteiger partial charge is 0.481 e. The maximum absolute atomic E-state index is 12.6. The number of aliphatic carboxylic acids is 1. The van der Waals surface area contributed by atoms with Crippen molar-refractivity contribution in [2.45, 2.75) is 51.0 Å². The van der Waals surface area contributed by atoms with E-state index in [0.29, 0.717) is 19.3 Å². The zero-order valence-corrected chi connectivity index (χ0v) is 14.5. The van der Waals surface area contributed by atoms with Crippen molar-refractivity contribution < 1.29 is 19.4 Å². The van der Waals surface area contributed by atoms with Crippen LogP contribution in [0.3, 0.4) is 0 Å². The van der Waals surface area contributed by atoms with Crippen LogP contribution in [-0.4, -0.2) is 36.2 Å². The van der Waals surface area contributed by atoms with E-state index < -0.39 is 17.5 Å². The average molecular weight is 333 g/mol. The maximum Gasteiger partial charge on any atom is 0.308 e. The van der Waals surface area contributed by atoms with E-state index in [0.717, 1.165) is 30.4 Å². The summed E-state index contributed by atoms with van der Waals surface area (Å²) >= 11 is 0. The Labute approximate surface area is 143 Å². The minimum absolute atomic E-state index is 0.118. The summed E-state index contributed by atoms with van der Waals surface area (Å²) in [5.41, 5.74) is 1.28. The highest BCUT2D eigenvalue weighted by molar-refractivity contribution is 5.85. The van der Waals surface area contributed by atoms with Crippen LogP contribution in [0.5, 0.6) is 0 Å². The van der Waals surface area contributed by atoms with Crippen molar-refractivity contribution in [2.75, 3.05) is 13.7 Å². The van der Waals surface area contributed by atoms with Crippen LogP contribution in [0.25, 0.3) is 0 Å². The molecule has 1 aromatic rings. The average Bonchev–Trinajstić information content (AvgIpc) is 2.58. The molecule has 0 radical (unpaired) electrons. The van der Waals surface area contributed by atoms with E-state index in [4.69, 9.17) is 4.74 Å². The van der Waals surface area contributed by atoms with Gasteiger partial charge in [-0.2, -0.15) is 0 Å². The molecule has 0 aliphatic heterocycles. The number of hydrogen-bond donors (Lipinski definition) is 2. The summed E-state index contributed by atoms with van der Waals surface area (Å²) in [6.07, 6.45) is 4.84. The van der Waals surface area contributed by atoms with Gasteiger partial charge in [0.15, 0.2) is 0 Å². The lowest BCUT2D eigenvalue weighted by molar-refractivity contribution is -0.148. The van der Waals surface area contributed by atoms with E-state index in [1.165, 1.54) is 0 Å². The Kier molecular flexibility index (Phi) is 6.37. The number of carbonyl (C=O) groups excluding carboxylic acids is 1. The lowest BCUT2D eigenvalue weighted by Crippen LogP contribution is -2.51. The van der Waals surface area contributed by atoms with Crippen molar-refractivity contribution in [1.29, 1.82) is 0 Å². The fraction of sp³-hybridized carbons (Fsp3) is 0.579. The van der Waals surface area contributed by atoms with Crippen LogP contribution in [0.4, 0.5) is 0 Å². The first-order valence-electron chi connectivity index (χ1n) is 8.58. The van der Waals surface area contributed by atoms with E-state index in [9.17, 15) is 14.7 Å². The summed E-state index contributed by atoms with van der Waals surface area (Å²) in [4.78, 5) is 24.1. The lowest BCUT2D eigenvalue weighted by Gasteiger charge is -2.34. The fourth-order valence-electron chi connectivity index (χ4n) is 3.39. The summed E-state index contributed by atoms with van der Waals surface area (Å²) in [7, 11) is 1.56. The number of rotatable bonds is 7. The molecule has 1 fully saturated rings. The molecular weight excluding hydrogens is 306 g/mol. The van der Waals surface area contributed by atoms with Crippen molar-refractivity contribution >= 4 is 11.9 Å². The molecule has 1 aliphatic rings. The van der Waals surface area contributed by atoms with Crippen LogP contribution in [0.1, 0.15) is 43.2 Å². The molecule has 2 rings (SSSR count). The van der Waals surface area contributed by atoms with Crippen molar-refractivity contribution in [3.8, 4) is 0 Å². The molecule has 2 N–H and O–H groups in total. The summed E-state index contributed by atoms with van der Waals surface area (Å²) in [6, 6.07) is 7.80. The van der Waals surface area contributed by atoms with Gasteiger partial charge in [-0.1, -0.05) is 49.1 Å². The van der Waals surface area contributed by atoms with Gasteiger partial charge in [-0.05, 0) is 31.7 Å². The molecule has 5 heteroatoms. The summed E-state index contributed by atoms with van der Waals surface area (Å²) in [5, 5.41) is 12.3. The van der Waals surface area contributed by atoms with Crippen molar-refractivity contribution in [3.63, 3.8) is 0 Å². The lowest BCUT2D eigenvalue weighted by atomic mass is 9.83. The second-order valence-corrected chi connectivity index (χ2v) is 6.70. The fourth-order valence-corrected chi connectivity index (χ4v) is 3.39. The summed E-state index contributed by atoms with van der Waals surface area (Å²) < 4.78 is 5.51. The molecule has 0 heterocycles. The molecule has 0 saturated heterocycles. The third kappa shape index (κ3) is 4.57. The van der Waals surface area contributed by atoms with Crippen LogP contribution in [0.2, 0.25) is 0 Å². The van der Waals surface area contributed by atoms with Gasteiger partial charge in [-0.25, -0.2) is 0 Å². The molecule has 0 aromatic heterocycles. The van der Waals surface area contributed by atoms with Crippen LogP contribution in [-0.2, 0) is 20.7 Å². The minimum atomic E-state index is -0.896. The predicted octanol–water partition coefficient (Wildman–Crippen LogP) is 2.70.